The minimum Gasteiger partial charge on any atom is -0.456 e. The van der Waals surface area contributed by atoms with Crippen LogP contribution in [-0.4, -0.2) is 59.0 Å². The Morgan fingerprint density at radius 3 is 2.74 bits per heavy atom. The summed E-state index contributed by atoms with van der Waals surface area (Å²) in [6.45, 7) is 4.46. The number of hydrogen-bond acceptors (Lipinski definition) is 6. The molecule has 0 spiro atoms. The lowest BCUT2D eigenvalue weighted by Gasteiger charge is -2.35. The van der Waals surface area contributed by atoms with Crippen molar-refractivity contribution in [2.45, 2.75) is 50.5 Å². The molecule has 8 nitrogen and oxygen atoms in total. The van der Waals surface area contributed by atoms with Crippen LogP contribution in [0.15, 0.2) is 55.0 Å². The van der Waals surface area contributed by atoms with Crippen LogP contribution in [0.1, 0.15) is 61.0 Å². The summed E-state index contributed by atoms with van der Waals surface area (Å²) in [5.74, 6) is 1.29. The fourth-order valence-corrected chi connectivity index (χ4v) is 5.51. The number of nitriles is 1. The van der Waals surface area contributed by atoms with Crippen LogP contribution in [0.5, 0.6) is 11.5 Å². The molecule has 1 aromatic heterocycles. The van der Waals surface area contributed by atoms with Gasteiger partial charge in [0, 0.05) is 32.9 Å². The van der Waals surface area contributed by atoms with E-state index in [1.54, 1.807) is 18.6 Å². The number of carbonyl (C=O) groups is 1. The molecule has 3 aromatic rings. The third kappa shape index (κ3) is 6.32. The first kappa shape index (κ1) is 28.3. The molecule has 1 fully saturated rings. The molecule has 0 saturated carbocycles. The highest BCUT2D eigenvalue weighted by molar-refractivity contribution is 5.88. The van der Waals surface area contributed by atoms with E-state index in [1.165, 1.54) is 0 Å². The summed E-state index contributed by atoms with van der Waals surface area (Å²) in [5.41, 5.74) is 9.18. The SMILES string of the molecule is CCC1(c2cccc(Oc3cc(CC(N)c4cncn4C)ccc3C#N)c2)CCCCN(CCN(C)C)C1=O. The molecule has 2 N–H and O–H groups in total. The maximum absolute atomic E-state index is 14.0. The van der Waals surface area contributed by atoms with E-state index in [0.29, 0.717) is 23.5 Å². The van der Waals surface area contributed by atoms with Gasteiger partial charge in [0.05, 0.1) is 29.0 Å². The average molecular weight is 529 g/mol. The molecule has 0 bridgehead atoms. The van der Waals surface area contributed by atoms with Crippen LogP contribution in [0.25, 0.3) is 0 Å². The largest absolute Gasteiger partial charge is 0.456 e. The summed E-state index contributed by atoms with van der Waals surface area (Å²) >= 11 is 0. The van der Waals surface area contributed by atoms with Crippen molar-refractivity contribution in [1.29, 1.82) is 5.26 Å². The van der Waals surface area contributed by atoms with Crippen LogP contribution in [0, 0.1) is 11.3 Å². The molecule has 8 heteroatoms. The number of imidazole rings is 1. The Morgan fingerprint density at radius 2 is 2.05 bits per heavy atom. The molecule has 39 heavy (non-hydrogen) atoms. The van der Waals surface area contributed by atoms with Crippen LogP contribution in [0.3, 0.4) is 0 Å². The first-order chi connectivity index (χ1) is 18.8. The first-order valence-electron chi connectivity index (χ1n) is 13.7. The summed E-state index contributed by atoms with van der Waals surface area (Å²) in [7, 11) is 5.99. The van der Waals surface area contributed by atoms with Crippen molar-refractivity contribution in [2.75, 3.05) is 33.7 Å². The summed E-state index contributed by atoms with van der Waals surface area (Å²) < 4.78 is 8.23. The fourth-order valence-electron chi connectivity index (χ4n) is 5.51. The topological polar surface area (TPSA) is 100 Å². The third-order valence-corrected chi connectivity index (χ3v) is 7.87. The number of nitrogens with two attached hydrogens (primary N) is 1. The fraction of sp³-hybridized carbons (Fsp3) is 0.452. The molecule has 2 atom stereocenters. The predicted molar refractivity (Wildman–Crippen MR) is 152 cm³/mol. The van der Waals surface area contributed by atoms with E-state index in [2.05, 4.69) is 22.9 Å². The quantitative estimate of drug-likeness (QED) is 0.414. The van der Waals surface area contributed by atoms with E-state index < -0.39 is 5.41 Å². The van der Waals surface area contributed by atoms with Gasteiger partial charge < -0.3 is 24.8 Å². The lowest BCUT2D eigenvalue weighted by molar-refractivity contribution is -0.137. The minimum atomic E-state index is -0.585. The van der Waals surface area contributed by atoms with Crippen molar-refractivity contribution in [3.63, 3.8) is 0 Å². The predicted octanol–water partition coefficient (Wildman–Crippen LogP) is 4.55. The van der Waals surface area contributed by atoms with Gasteiger partial charge in [-0.05, 0) is 75.2 Å². The van der Waals surface area contributed by atoms with Gasteiger partial charge in [-0.25, -0.2) is 4.98 Å². The van der Waals surface area contributed by atoms with Crippen molar-refractivity contribution in [3.05, 3.63) is 77.4 Å². The van der Waals surface area contributed by atoms with E-state index in [1.807, 2.05) is 67.0 Å². The van der Waals surface area contributed by atoms with E-state index >= 15 is 0 Å². The molecule has 2 heterocycles. The third-order valence-electron chi connectivity index (χ3n) is 7.87. The zero-order chi connectivity index (χ0) is 28.0. The van der Waals surface area contributed by atoms with Crippen molar-refractivity contribution in [2.24, 2.45) is 12.8 Å². The molecule has 4 rings (SSSR count). The molecule has 0 aliphatic carbocycles. The Morgan fingerprint density at radius 1 is 1.23 bits per heavy atom. The number of likely N-dealkylation sites (N-methyl/N-ethyl adjacent to an activating group) is 1. The Balaban J connectivity index is 1.60. The van der Waals surface area contributed by atoms with Crippen LogP contribution < -0.4 is 10.5 Å². The normalized spacial score (nSPS) is 18.6. The van der Waals surface area contributed by atoms with Crippen LogP contribution >= 0.6 is 0 Å². The van der Waals surface area contributed by atoms with E-state index in [0.717, 1.165) is 62.1 Å². The summed E-state index contributed by atoms with van der Waals surface area (Å²) in [5, 5.41) is 9.76. The number of carbonyl (C=O) groups excluding carboxylic acids is 1. The zero-order valence-corrected chi connectivity index (χ0v) is 23.6. The van der Waals surface area contributed by atoms with Crippen LogP contribution in [0.2, 0.25) is 0 Å². The number of amides is 1. The van der Waals surface area contributed by atoms with E-state index in [4.69, 9.17) is 10.5 Å². The number of hydrogen-bond donors (Lipinski definition) is 1. The highest BCUT2D eigenvalue weighted by Crippen LogP contribution is 2.40. The van der Waals surface area contributed by atoms with Crippen molar-refractivity contribution in [3.8, 4) is 17.6 Å². The van der Waals surface area contributed by atoms with Gasteiger partial charge in [0.1, 0.15) is 17.6 Å². The standard InChI is InChI=1S/C31H40N6O2/c1-5-31(13-6-7-14-37(30(31)38)16-15-35(2)3)25-9-8-10-26(19-25)39-29-18-23(11-12-24(29)20-32)17-27(33)28-21-34-22-36(28)4/h8-12,18-19,21-22,27H,5-7,13-17,33H2,1-4H3. The van der Waals surface area contributed by atoms with Gasteiger partial charge >= 0.3 is 0 Å². The number of aryl methyl sites for hydroxylation is 1. The Hall–Kier alpha value is -3.67. The molecule has 1 amide bonds. The van der Waals surface area contributed by atoms with Crippen molar-refractivity contribution >= 4 is 5.91 Å². The lowest BCUT2D eigenvalue weighted by Crippen LogP contribution is -2.47. The van der Waals surface area contributed by atoms with Gasteiger partial charge in [-0.15, -0.1) is 0 Å². The molecule has 206 valence electrons. The maximum Gasteiger partial charge on any atom is 0.233 e. The summed E-state index contributed by atoms with van der Waals surface area (Å²) in [6.07, 6.45) is 7.64. The van der Waals surface area contributed by atoms with Crippen molar-refractivity contribution in [1.82, 2.24) is 19.4 Å². The van der Waals surface area contributed by atoms with Gasteiger partial charge in [-0.2, -0.15) is 5.26 Å². The smallest absolute Gasteiger partial charge is 0.233 e. The second-order valence-electron chi connectivity index (χ2n) is 10.8. The maximum atomic E-state index is 14.0. The Labute approximate surface area is 232 Å². The second-order valence-corrected chi connectivity index (χ2v) is 10.8. The molecule has 2 unspecified atom stereocenters. The van der Waals surface area contributed by atoms with Gasteiger partial charge in [0.2, 0.25) is 5.91 Å². The summed E-state index contributed by atoms with van der Waals surface area (Å²) in [6, 6.07) is 15.4. The van der Waals surface area contributed by atoms with Gasteiger partial charge in [0.25, 0.3) is 0 Å². The van der Waals surface area contributed by atoms with Crippen LogP contribution in [-0.2, 0) is 23.7 Å². The second kappa shape index (κ2) is 12.5. The molecular weight excluding hydrogens is 488 g/mol. The highest BCUT2D eigenvalue weighted by atomic mass is 16.5. The van der Waals surface area contributed by atoms with Crippen LogP contribution in [0.4, 0.5) is 0 Å². The molecule has 1 aliphatic rings. The number of benzene rings is 2. The first-order valence-corrected chi connectivity index (χ1v) is 13.7. The van der Waals surface area contributed by atoms with Gasteiger partial charge in [-0.1, -0.05) is 31.5 Å². The number of nitrogens with zero attached hydrogens (tertiary/aromatic N) is 5. The molecule has 1 saturated heterocycles. The Bertz CT molecular complexity index is 1330. The number of rotatable bonds is 10. The molecule has 0 radical (unpaired) electrons. The highest BCUT2D eigenvalue weighted by Gasteiger charge is 2.42. The molecular formula is C31H40N6O2. The summed E-state index contributed by atoms with van der Waals surface area (Å²) in [4.78, 5) is 22.3. The zero-order valence-electron chi connectivity index (χ0n) is 23.6. The lowest BCUT2D eigenvalue weighted by atomic mass is 9.73. The minimum absolute atomic E-state index is 0.199. The molecule has 2 aromatic carbocycles. The number of ether oxygens (including phenoxy) is 1. The number of aromatic nitrogens is 2. The Kier molecular flexibility index (Phi) is 9.05. The number of likely N-dealkylation sites (tertiary alicyclic amines) is 1. The van der Waals surface area contributed by atoms with Gasteiger partial charge in [0.15, 0.2) is 0 Å². The van der Waals surface area contributed by atoms with E-state index in [9.17, 15) is 10.1 Å². The molecule has 1 aliphatic heterocycles. The van der Waals surface area contributed by atoms with E-state index in [-0.39, 0.29) is 11.9 Å². The monoisotopic (exact) mass is 528 g/mol. The van der Waals surface area contributed by atoms with Crippen molar-refractivity contribution < 1.29 is 9.53 Å². The average Bonchev–Trinajstić information content (AvgIpc) is 3.29. The van der Waals surface area contributed by atoms with Gasteiger partial charge in [-0.3, -0.25) is 4.79 Å².